The van der Waals surface area contributed by atoms with Crippen molar-refractivity contribution in [2.75, 3.05) is 0 Å². The first-order valence-corrected chi connectivity index (χ1v) is 16.9. The fraction of sp³-hybridized carbons (Fsp3) is 0. The summed E-state index contributed by atoms with van der Waals surface area (Å²) in [7, 11) is 0. The summed E-state index contributed by atoms with van der Waals surface area (Å²) in [5.74, 6) is 0. The first kappa shape index (κ1) is 26.5. The third kappa shape index (κ3) is 3.56. The highest BCUT2D eigenvalue weighted by Crippen LogP contribution is 2.44. The highest BCUT2D eigenvalue weighted by Gasteiger charge is 2.22. The van der Waals surface area contributed by atoms with Crippen molar-refractivity contribution in [1.29, 1.82) is 0 Å². The summed E-state index contributed by atoms with van der Waals surface area (Å²) in [6.45, 7) is 0. The lowest BCUT2D eigenvalue weighted by Gasteiger charge is -2.12. The van der Waals surface area contributed by atoms with Crippen molar-refractivity contribution in [2.45, 2.75) is 0 Å². The van der Waals surface area contributed by atoms with E-state index >= 15 is 0 Å². The van der Waals surface area contributed by atoms with Gasteiger partial charge in [-0.2, -0.15) is 0 Å². The zero-order chi connectivity index (χ0) is 32.1. The molecule has 0 amide bonds. The number of hydrogen-bond donors (Lipinski definition) is 0. The van der Waals surface area contributed by atoms with Gasteiger partial charge in [0.2, 0.25) is 0 Å². The molecule has 0 atom stereocenters. The Balaban J connectivity index is 1.29. The van der Waals surface area contributed by atoms with Crippen LogP contribution in [-0.2, 0) is 0 Å². The van der Waals surface area contributed by atoms with Crippen molar-refractivity contribution >= 4 is 76.2 Å². The number of rotatable bonds is 3. The summed E-state index contributed by atoms with van der Waals surface area (Å²) >= 11 is 0. The second-order valence-electron chi connectivity index (χ2n) is 12.9. The highest BCUT2D eigenvalue weighted by atomic mass is 15.0. The number of hydrogen-bond acceptors (Lipinski definition) is 0. The van der Waals surface area contributed by atoms with Crippen molar-refractivity contribution in [3.05, 3.63) is 176 Å². The van der Waals surface area contributed by atoms with E-state index in [-0.39, 0.29) is 0 Å². The summed E-state index contributed by atoms with van der Waals surface area (Å²) in [6, 6.07) is 64.1. The molecule has 8 aromatic carbocycles. The summed E-state index contributed by atoms with van der Waals surface area (Å²) in [5, 5.41) is 10.1. The molecule has 0 aliphatic heterocycles. The Hall–Kier alpha value is -6.58. The van der Waals surface area contributed by atoms with Gasteiger partial charge in [0.15, 0.2) is 0 Å². The van der Waals surface area contributed by atoms with Crippen LogP contribution in [-0.4, -0.2) is 13.7 Å². The van der Waals surface area contributed by atoms with Crippen LogP contribution in [0.3, 0.4) is 0 Å². The van der Waals surface area contributed by atoms with Gasteiger partial charge in [-0.15, -0.1) is 0 Å². The summed E-state index contributed by atoms with van der Waals surface area (Å²) in [4.78, 5) is 0. The van der Waals surface area contributed by atoms with Crippen molar-refractivity contribution in [1.82, 2.24) is 13.7 Å². The van der Waals surface area contributed by atoms with Crippen LogP contribution >= 0.6 is 0 Å². The van der Waals surface area contributed by atoms with Crippen LogP contribution in [0, 0.1) is 0 Å². The fourth-order valence-corrected chi connectivity index (χ4v) is 8.48. The molecular weight excluding hydrogens is 595 g/mol. The normalized spacial score (nSPS) is 12.1. The van der Waals surface area contributed by atoms with Gasteiger partial charge in [-0.1, -0.05) is 115 Å². The van der Waals surface area contributed by atoms with E-state index in [2.05, 4.69) is 190 Å². The molecule has 0 N–H and O–H groups in total. The van der Waals surface area contributed by atoms with E-state index in [0.29, 0.717) is 0 Å². The Morgan fingerprint density at radius 3 is 1.43 bits per heavy atom. The van der Waals surface area contributed by atoms with Gasteiger partial charge < -0.3 is 13.7 Å². The van der Waals surface area contributed by atoms with E-state index in [1.807, 2.05) is 0 Å². The largest absolute Gasteiger partial charge is 0.309 e. The Kier molecular flexibility index (Phi) is 5.38. The molecule has 0 radical (unpaired) electrons. The van der Waals surface area contributed by atoms with Gasteiger partial charge >= 0.3 is 0 Å². The van der Waals surface area contributed by atoms with Crippen LogP contribution in [0.2, 0.25) is 0 Å². The summed E-state index contributed by atoms with van der Waals surface area (Å²) in [5.41, 5.74) is 10.8. The van der Waals surface area contributed by atoms with Crippen molar-refractivity contribution < 1.29 is 0 Å². The van der Waals surface area contributed by atoms with Gasteiger partial charge in [-0.3, -0.25) is 0 Å². The second-order valence-corrected chi connectivity index (χ2v) is 12.9. The maximum absolute atomic E-state index is 2.49. The summed E-state index contributed by atoms with van der Waals surface area (Å²) in [6.07, 6.45) is 0. The van der Waals surface area contributed by atoms with Crippen LogP contribution in [0.1, 0.15) is 0 Å². The van der Waals surface area contributed by atoms with Crippen LogP contribution < -0.4 is 0 Å². The number of fused-ring (bicyclic) bond motifs is 12. The number of para-hydroxylation sites is 5. The molecule has 0 saturated heterocycles. The minimum Gasteiger partial charge on any atom is -0.309 e. The van der Waals surface area contributed by atoms with E-state index < -0.39 is 0 Å². The monoisotopic (exact) mass is 623 g/mol. The Morgan fingerprint density at radius 1 is 0.245 bits per heavy atom. The average molecular weight is 624 g/mol. The minimum absolute atomic E-state index is 1.16. The van der Waals surface area contributed by atoms with Crippen molar-refractivity contribution in [3.8, 4) is 17.1 Å². The van der Waals surface area contributed by atoms with Gasteiger partial charge in [0.25, 0.3) is 0 Å². The SMILES string of the molecule is c1ccc(-n2c3ccccc3c3c(-n4c5ccccc5c5c6ccc7c8ccccc8n(-c8ccccc8)c7c6ccc54)cccc32)cc1. The molecule has 0 fully saturated rings. The van der Waals surface area contributed by atoms with Gasteiger partial charge in [-0.05, 0) is 66.0 Å². The smallest absolute Gasteiger partial charge is 0.0619 e. The van der Waals surface area contributed by atoms with E-state index in [1.54, 1.807) is 0 Å². The lowest BCUT2D eigenvalue weighted by Crippen LogP contribution is -1.96. The molecule has 3 aromatic heterocycles. The lowest BCUT2D eigenvalue weighted by atomic mass is 10.0. The van der Waals surface area contributed by atoms with Gasteiger partial charge in [0, 0.05) is 49.1 Å². The molecule has 228 valence electrons. The van der Waals surface area contributed by atoms with Crippen molar-refractivity contribution in [3.63, 3.8) is 0 Å². The number of nitrogens with zero attached hydrogens (tertiary/aromatic N) is 3. The van der Waals surface area contributed by atoms with Gasteiger partial charge in [0.05, 0.1) is 38.8 Å². The molecular formula is C46H29N3. The summed E-state index contributed by atoms with van der Waals surface area (Å²) < 4.78 is 7.33. The maximum Gasteiger partial charge on any atom is 0.0619 e. The van der Waals surface area contributed by atoms with Crippen LogP contribution in [0.25, 0.3) is 93.3 Å². The topological polar surface area (TPSA) is 14.8 Å². The van der Waals surface area contributed by atoms with Crippen LogP contribution in [0.5, 0.6) is 0 Å². The molecule has 11 rings (SSSR count). The average Bonchev–Trinajstić information content (AvgIpc) is 3.81. The number of aromatic nitrogens is 3. The Morgan fingerprint density at radius 2 is 0.714 bits per heavy atom. The molecule has 0 spiro atoms. The zero-order valence-corrected chi connectivity index (χ0v) is 26.6. The predicted molar refractivity (Wildman–Crippen MR) is 207 cm³/mol. The number of benzene rings is 8. The Labute approximate surface area is 282 Å². The van der Waals surface area contributed by atoms with E-state index in [9.17, 15) is 0 Å². The van der Waals surface area contributed by atoms with Gasteiger partial charge in [-0.25, -0.2) is 0 Å². The molecule has 11 aromatic rings. The Bertz CT molecular complexity index is 3090. The maximum atomic E-state index is 2.49. The first-order valence-electron chi connectivity index (χ1n) is 16.9. The molecule has 0 aliphatic rings. The quantitative estimate of drug-likeness (QED) is 0.186. The molecule has 3 heterocycles. The van der Waals surface area contributed by atoms with Gasteiger partial charge in [0.1, 0.15) is 0 Å². The third-order valence-electron chi connectivity index (χ3n) is 10.4. The van der Waals surface area contributed by atoms with Crippen LogP contribution in [0.4, 0.5) is 0 Å². The second kappa shape index (κ2) is 9.96. The molecule has 49 heavy (non-hydrogen) atoms. The molecule has 0 bridgehead atoms. The molecule has 3 nitrogen and oxygen atoms in total. The molecule has 0 unspecified atom stereocenters. The van der Waals surface area contributed by atoms with Crippen molar-refractivity contribution in [2.24, 2.45) is 0 Å². The van der Waals surface area contributed by atoms with E-state index in [1.165, 1.54) is 87.6 Å². The highest BCUT2D eigenvalue weighted by molar-refractivity contribution is 6.28. The minimum atomic E-state index is 1.16. The predicted octanol–water partition coefficient (Wildman–Crippen LogP) is 12.1. The fourth-order valence-electron chi connectivity index (χ4n) is 8.48. The van der Waals surface area contributed by atoms with E-state index in [0.717, 1.165) is 5.69 Å². The lowest BCUT2D eigenvalue weighted by molar-refractivity contribution is 1.17. The zero-order valence-electron chi connectivity index (χ0n) is 26.6. The molecule has 0 aliphatic carbocycles. The molecule has 3 heteroatoms. The standard InChI is InChI=1S/C46H29N3/c1-3-14-30(15-4-1)47-39-22-11-9-20-37(39)45-41(47)24-13-25-42(45)49-40-23-12-8-19-36(40)44-33-26-27-34-32-18-7-10-21-38(32)48(31-16-5-2-6-17-31)46(34)35(33)28-29-43(44)49/h1-29H. The first-order chi connectivity index (χ1) is 24.4. The third-order valence-corrected chi connectivity index (χ3v) is 10.4. The van der Waals surface area contributed by atoms with Crippen LogP contribution in [0.15, 0.2) is 176 Å². The van der Waals surface area contributed by atoms with E-state index in [4.69, 9.17) is 0 Å². The molecule has 0 saturated carbocycles.